The highest BCUT2D eigenvalue weighted by Crippen LogP contribution is 2.43. The van der Waals surface area contributed by atoms with E-state index in [1.165, 1.54) is 48.5 Å². The van der Waals surface area contributed by atoms with E-state index in [0.29, 0.717) is 17.9 Å². The maximum Gasteiger partial charge on any atom is 0.333 e. The van der Waals surface area contributed by atoms with E-state index in [0.717, 1.165) is 22.1 Å². The minimum Gasteiger partial charge on any atom is -0.463 e. The zero-order valence-electron chi connectivity index (χ0n) is 21.3. The van der Waals surface area contributed by atoms with Gasteiger partial charge in [-0.25, -0.2) is 22.4 Å². The molecule has 0 spiro atoms. The molecule has 1 saturated carbocycles. The van der Waals surface area contributed by atoms with Crippen LogP contribution >= 0.6 is 0 Å². The largest absolute Gasteiger partial charge is 0.463 e. The van der Waals surface area contributed by atoms with E-state index in [-0.39, 0.29) is 31.0 Å². The van der Waals surface area contributed by atoms with Crippen molar-refractivity contribution in [1.82, 2.24) is 4.31 Å². The fourth-order valence-corrected chi connectivity index (χ4v) is 5.73. The predicted molar refractivity (Wildman–Crippen MR) is 141 cm³/mol. The number of halogens is 1. The number of nitrogens with zero attached hydrogens (tertiary/aromatic N) is 1. The number of esters is 2. The SMILES string of the molecule is CCOC(=O)C=CN(C1(C(=O)OCc2ccccc2)CCC1)S(=O)(=O)c1ccc(Oc2ccc(F)cc2)cc1. The van der Waals surface area contributed by atoms with Crippen LogP contribution in [0.1, 0.15) is 31.7 Å². The van der Waals surface area contributed by atoms with Crippen LogP contribution in [0.4, 0.5) is 4.39 Å². The van der Waals surface area contributed by atoms with Gasteiger partial charge in [0.15, 0.2) is 5.54 Å². The van der Waals surface area contributed by atoms with Crippen molar-refractivity contribution in [2.45, 2.75) is 43.2 Å². The van der Waals surface area contributed by atoms with E-state index in [2.05, 4.69) is 0 Å². The van der Waals surface area contributed by atoms with E-state index in [1.54, 1.807) is 19.1 Å². The molecule has 1 aliphatic carbocycles. The van der Waals surface area contributed by atoms with Gasteiger partial charge in [-0.3, -0.25) is 4.31 Å². The molecular weight excluding hydrogens is 525 g/mol. The number of ether oxygens (including phenoxy) is 3. The van der Waals surface area contributed by atoms with Gasteiger partial charge in [0.2, 0.25) is 0 Å². The van der Waals surface area contributed by atoms with Crippen molar-refractivity contribution in [2.24, 2.45) is 0 Å². The highest BCUT2D eigenvalue weighted by atomic mass is 32.2. The molecule has 0 aromatic heterocycles. The van der Waals surface area contributed by atoms with Crippen LogP contribution in [-0.2, 0) is 35.7 Å². The highest BCUT2D eigenvalue weighted by molar-refractivity contribution is 7.89. The maximum absolute atomic E-state index is 13.9. The average molecular weight is 554 g/mol. The van der Waals surface area contributed by atoms with Crippen LogP contribution in [0.3, 0.4) is 0 Å². The van der Waals surface area contributed by atoms with Gasteiger partial charge in [0.25, 0.3) is 10.0 Å². The molecule has 1 fully saturated rings. The first kappa shape index (κ1) is 27.8. The Balaban J connectivity index is 1.62. The van der Waals surface area contributed by atoms with E-state index in [1.807, 2.05) is 18.2 Å². The topological polar surface area (TPSA) is 99.2 Å². The predicted octanol–water partition coefficient (Wildman–Crippen LogP) is 5.35. The summed E-state index contributed by atoms with van der Waals surface area (Å²) in [4.78, 5) is 25.3. The summed E-state index contributed by atoms with van der Waals surface area (Å²) in [6.45, 7) is 1.71. The first-order valence-corrected chi connectivity index (χ1v) is 13.8. The van der Waals surface area contributed by atoms with Crippen molar-refractivity contribution in [3.8, 4) is 11.5 Å². The third-order valence-corrected chi connectivity index (χ3v) is 8.11. The van der Waals surface area contributed by atoms with E-state index in [4.69, 9.17) is 14.2 Å². The molecular formula is C29H28FNO7S. The Kier molecular flexibility index (Phi) is 8.65. The van der Waals surface area contributed by atoms with Crippen LogP contribution in [-0.4, -0.2) is 36.8 Å². The summed E-state index contributed by atoms with van der Waals surface area (Å²) in [6.07, 6.45) is 3.10. The summed E-state index contributed by atoms with van der Waals surface area (Å²) in [6, 6.07) is 20.0. The monoisotopic (exact) mass is 553 g/mol. The number of carbonyl (C=O) groups is 2. The quantitative estimate of drug-likeness (QED) is 0.233. The Labute approximate surface area is 226 Å². The smallest absolute Gasteiger partial charge is 0.333 e. The first-order chi connectivity index (χ1) is 18.7. The number of hydrogen-bond acceptors (Lipinski definition) is 7. The Hall–Kier alpha value is -4.18. The van der Waals surface area contributed by atoms with E-state index >= 15 is 0 Å². The Morgan fingerprint density at radius 2 is 1.54 bits per heavy atom. The second-order valence-corrected chi connectivity index (χ2v) is 10.7. The normalized spacial score (nSPS) is 14.3. The zero-order chi connectivity index (χ0) is 27.9. The second kappa shape index (κ2) is 12.1. The maximum atomic E-state index is 13.9. The van der Waals surface area contributed by atoms with Gasteiger partial charge in [-0.05, 0) is 80.3 Å². The summed E-state index contributed by atoms with van der Waals surface area (Å²) in [5.41, 5.74) is -0.756. The van der Waals surface area contributed by atoms with Crippen LogP contribution < -0.4 is 4.74 Å². The van der Waals surface area contributed by atoms with Crippen molar-refractivity contribution in [3.63, 3.8) is 0 Å². The number of benzene rings is 3. The van der Waals surface area contributed by atoms with Gasteiger partial charge >= 0.3 is 11.9 Å². The molecule has 0 unspecified atom stereocenters. The third-order valence-electron chi connectivity index (χ3n) is 6.26. The molecule has 0 N–H and O–H groups in total. The number of hydrogen-bond donors (Lipinski definition) is 0. The molecule has 1 aliphatic rings. The van der Waals surface area contributed by atoms with Crippen LogP contribution in [0.5, 0.6) is 11.5 Å². The van der Waals surface area contributed by atoms with Gasteiger partial charge < -0.3 is 14.2 Å². The standard InChI is InChI=1S/C29H28FNO7S/c1-2-36-27(32)17-20-31(29(18-6-19-29)28(33)37-21-22-7-4-3-5-8-22)39(34,35)26-15-13-25(14-16-26)38-24-11-9-23(30)10-12-24/h3-5,7-17,20H,2,6,18-19,21H2,1H3. The molecule has 39 heavy (non-hydrogen) atoms. The van der Waals surface area contributed by atoms with Gasteiger partial charge in [0.05, 0.1) is 11.5 Å². The van der Waals surface area contributed by atoms with Gasteiger partial charge in [-0.2, -0.15) is 0 Å². The average Bonchev–Trinajstić information content (AvgIpc) is 2.91. The summed E-state index contributed by atoms with van der Waals surface area (Å²) in [5, 5.41) is 0. The Bertz CT molecular complexity index is 1420. The van der Waals surface area contributed by atoms with Gasteiger partial charge in [0, 0.05) is 12.3 Å². The number of rotatable bonds is 11. The summed E-state index contributed by atoms with van der Waals surface area (Å²) in [7, 11) is -4.32. The molecule has 0 atom stereocenters. The molecule has 3 aromatic carbocycles. The van der Waals surface area contributed by atoms with Gasteiger partial charge in [-0.15, -0.1) is 0 Å². The zero-order valence-corrected chi connectivity index (χ0v) is 22.1. The molecule has 4 rings (SSSR count). The molecule has 3 aromatic rings. The molecule has 0 bridgehead atoms. The lowest BCUT2D eigenvalue weighted by Gasteiger charge is -2.46. The fraction of sp³-hybridized carbons (Fsp3) is 0.241. The van der Waals surface area contributed by atoms with Crippen LogP contribution in [0, 0.1) is 5.82 Å². The number of sulfonamides is 1. The Morgan fingerprint density at radius 3 is 2.10 bits per heavy atom. The molecule has 0 heterocycles. The minimum absolute atomic E-state index is 0.0215. The summed E-state index contributed by atoms with van der Waals surface area (Å²) >= 11 is 0. The third kappa shape index (κ3) is 6.46. The van der Waals surface area contributed by atoms with Crippen molar-refractivity contribution in [2.75, 3.05) is 6.61 Å². The molecule has 0 amide bonds. The van der Waals surface area contributed by atoms with Crippen LogP contribution in [0.2, 0.25) is 0 Å². The molecule has 10 heteroatoms. The molecule has 204 valence electrons. The van der Waals surface area contributed by atoms with Crippen LogP contribution in [0.15, 0.2) is 96.0 Å². The molecule has 0 aliphatic heterocycles. The second-order valence-electron chi connectivity index (χ2n) is 8.84. The lowest BCUT2D eigenvalue weighted by Crippen LogP contribution is -2.59. The summed E-state index contributed by atoms with van der Waals surface area (Å²) in [5.74, 6) is -1.15. The fourth-order valence-electron chi connectivity index (χ4n) is 4.09. The lowest BCUT2D eigenvalue weighted by molar-refractivity contribution is -0.160. The Morgan fingerprint density at radius 1 is 0.923 bits per heavy atom. The van der Waals surface area contributed by atoms with Crippen molar-refractivity contribution < 1.29 is 36.6 Å². The van der Waals surface area contributed by atoms with Crippen LogP contribution in [0.25, 0.3) is 0 Å². The van der Waals surface area contributed by atoms with Gasteiger partial charge in [-0.1, -0.05) is 30.3 Å². The highest BCUT2D eigenvalue weighted by Gasteiger charge is 2.54. The summed E-state index contributed by atoms with van der Waals surface area (Å²) < 4.78 is 57.9. The van der Waals surface area contributed by atoms with E-state index < -0.39 is 33.3 Å². The molecule has 0 radical (unpaired) electrons. The molecule has 8 nitrogen and oxygen atoms in total. The first-order valence-electron chi connectivity index (χ1n) is 12.4. The van der Waals surface area contributed by atoms with Crippen molar-refractivity contribution in [1.29, 1.82) is 0 Å². The van der Waals surface area contributed by atoms with E-state index in [9.17, 15) is 22.4 Å². The van der Waals surface area contributed by atoms with Crippen molar-refractivity contribution in [3.05, 3.63) is 103 Å². The number of carbonyl (C=O) groups excluding carboxylic acids is 2. The van der Waals surface area contributed by atoms with Crippen molar-refractivity contribution >= 4 is 22.0 Å². The minimum atomic E-state index is -4.32. The molecule has 0 saturated heterocycles. The lowest BCUT2D eigenvalue weighted by atomic mass is 9.76. The van der Waals surface area contributed by atoms with Gasteiger partial charge in [0.1, 0.15) is 23.9 Å².